The SMILES string of the molecule is C=C1CC=Nc2ccccc21.Cc1ccnc2ccccc12.[CH2-]CC.[CH2-]CC.[CH2-]CC.[CH2-]CC.[W+2].[W+2]. The van der Waals surface area contributed by atoms with Crippen molar-refractivity contribution in [1.29, 1.82) is 0 Å². The van der Waals surface area contributed by atoms with E-state index in [4.69, 9.17) is 0 Å². The van der Waals surface area contributed by atoms with Crippen molar-refractivity contribution in [2.24, 2.45) is 4.99 Å². The van der Waals surface area contributed by atoms with Gasteiger partial charge < -0.3 is 27.7 Å². The van der Waals surface area contributed by atoms with Crippen LogP contribution in [0.25, 0.3) is 16.5 Å². The molecule has 2 nitrogen and oxygen atoms in total. The van der Waals surface area contributed by atoms with Crippen molar-refractivity contribution in [3.05, 3.63) is 106 Å². The summed E-state index contributed by atoms with van der Waals surface area (Å²) in [5.74, 6) is 0. The largest absolute Gasteiger partial charge is 2.00 e. The molecule has 0 bridgehead atoms. The Morgan fingerprint density at radius 2 is 1.22 bits per heavy atom. The minimum atomic E-state index is 0. The summed E-state index contributed by atoms with van der Waals surface area (Å²) in [6.45, 7) is 28.1. The Hall–Kier alpha value is -1.36. The van der Waals surface area contributed by atoms with Gasteiger partial charge in [0.2, 0.25) is 0 Å². The van der Waals surface area contributed by atoms with Gasteiger partial charge in [-0.2, -0.15) is 25.7 Å². The van der Waals surface area contributed by atoms with E-state index in [1.165, 1.54) is 16.5 Å². The van der Waals surface area contributed by atoms with Crippen LogP contribution in [-0.4, -0.2) is 11.2 Å². The average Bonchev–Trinajstić information content (AvgIpc) is 2.83. The van der Waals surface area contributed by atoms with Crippen molar-refractivity contribution in [3.63, 3.8) is 0 Å². The number of allylic oxidation sites excluding steroid dienone is 1. The first-order chi connectivity index (χ1) is 16.4. The normalized spacial score (nSPS) is 9.64. The Balaban J connectivity index is -0.000000192. The van der Waals surface area contributed by atoms with Gasteiger partial charge in [-0.25, -0.2) is 0 Å². The molecule has 0 N–H and O–H groups in total. The van der Waals surface area contributed by atoms with Gasteiger partial charge in [-0.05, 0) is 36.3 Å². The molecule has 1 aliphatic rings. The maximum atomic E-state index is 4.26. The van der Waals surface area contributed by atoms with Crippen LogP contribution in [0.3, 0.4) is 0 Å². The number of hydrogen-bond acceptors (Lipinski definition) is 2. The van der Waals surface area contributed by atoms with Crippen molar-refractivity contribution >= 4 is 28.4 Å². The molecule has 196 valence electrons. The predicted molar refractivity (Wildman–Crippen MR) is 157 cm³/mol. The molecule has 0 aliphatic carbocycles. The molecule has 2 aromatic carbocycles. The zero-order valence-corrected chi connectivity index (χ0v) is 29.0. The van der Waals surface area contributed by atoms with Gasteiger partial charge in [-0.15, -0.1) is 0 Å². The summed E-state index contributed by atoms with van der Waals surface area (Å²) in [7, 11) is 0. The summed E-state index contributed by atoms with van der Waals surface area (Å²) in [4.78, 5) is 8.50. The molecule has 2 heterocycles. The van der Waals surface area contributed by atoms with Gasteiger partial charge in [0, 0.05) is 29.8 Å². The third-order valence-electron chi connectivity index (χ3n) is 3.72. The van der Waals surface area contributed by atoms with Crippen LogP contribution in [0.2, 0.25) is 0 Å². The van der Waals surface area contributed by atoms with Crippen LogP contribution in [0.15, 0.2) is 72.4 Å². The van der Waals surface area contributed by atoms with E-state index >= 15 is 0 Å². The summed E-state index contributed by atoms with van der Waals surface area (Å²) in [6, 6.07) is 18.3. The number of pyridine rings is 1. The topological polar surface area (TPSA) is 25.2 Å². The maximum Gasteiger partial charge on any atom is 2.00 e. The van der Waals surface area contributed by atoms with E-state index in [0.29, 0.717) is 0 Å². The Labute approximate surface area is 252 Å². The number of aliphatic imine (C=N–C) groups is 1. The molecule has 1 aromatic heterocycles. The van der Waals surface area contributed by atoms with E-state index in [0.717, 1.165) is 48.9 Å². The van der Waals surface area contributed by atoms with Gasteiger partial charge in [0.25, 0.3) is 0 Å². The first-order valence-corrected chi connectivity index (χ1v) is 12.2. The smallest absolute Gasteiger partial charge is 0.344 e. The summed E-state index contributed by atoms with van der Waals surface area (Å²) in [5, 5.41) is 1.25. The molecule has 4 heteroatoms. The molecule has 0 unspecified atom stereocenters. The molecule has 3 aromatic rings. The first kappa shape index (κ1) is 41.8. The van der Waals surface area contributed by atoms with Gasteiger partial charge in [0.1, 0.15) is 0 Å². The van der Waals surface area contributed by atoms with Crippen LogP contribution in [0.4, 0.5) is 5.69 Å². The molecule has 0 amide bonds. The number of aryl methyl sites for hydroxylation is 1. The van der Waals surface area contributed by atoms with Crippen LogP contribution in [0.5, 0.6) is 0 Å². The van der Waals surface area contributed by atoms with Crippen molar-refractivity contribution < 1.29 is 42.1 Å². The van der Waals surface area contributed by atoms with Crippen molar-refractivity contribution in [3.8, 4) is 0 Å². The quantitative estimate of drug-likeness (QED) is 0.207. The van der Waals surface area contributed by atoms with E-state index in [2.05, 4.69) is 63.3 Å². The Kier molecular flexibility index (Phi) is 34.6. The standard InChI is InChI=1S/2C10H9N.4C3H7.2W/c2*1-8-6-7-11-10-5-3-2-4-9(8)10;4*1-3-2;;/h2-7H,1H3;2-5,7H,1,6H2;4*1,3H2,2H3;;/q;;4*-1;2*+2. The number of hydrogen-bond donors (Lipinski definition) is 0. The molecule has 36 heavy (non-hydrogen) atoms. The zero-order chi connectivity index (χ0) is 26.2. The maximum absolute atomic E-state index is 4.26. The van der Waals surface area contributed by atoms with E-state index in [9.17, 15) is 0 Å². The minimum Gasteiger partial charge on any atom is -0.344 e. The fourth-order valence-corrected chi connectivity index (χ4v) is 2.49. The Morgan fingerprint density at radius 1 is 0.750 bits per heavy atom. The molecule has 0 fully saturated rings. The average molecular weight is 826 g/mol. The van der Waals surface area contributed by atoms with E-state index in [1.54, 1.807) is 0 Å². The molecule has 0 saturated heterocycles. The zero-order valence-electron chi connectivity index (χ0n) is 23.1. The summed E-state index contributed by atoms with van der Waals surface area (Å²) >= 11 is 0. The van der Waals surface area contributed by atoms with Crippen molar-refractivity contribution in [1.82, 2.24) is 4.98 Å². The number of fused-ring (bicyclic) bond motifs is 2. The number of aromatic nitrogens is 1. The number of para-hydroxylation sites is 2. The summed E-state index contributed by atoms with van der Waals surface area (Å²) in [5.41, 5.74) is 5.76. The molecule has 4 rings (SSSR count). The monoisotopic (exact) mass is 826 g/mol. The van der Waals surface area contributed by atoms with Gasteiger partial charge in [-0.3, -0.25) is 9.98 Å². The van der Waals surface area contributed by atoms with Crippen LogP contribution in [-0.2, 0) is 42.1 Å². The van der Waals surface area contributed by atoms with E-state index in [-0.39, 0.29) is 42.1 Å². The Morgan fingerprint density at radius 3 is 1.72 bits per heavy atom. The van der Waals surface area contributed by atoms with Crippen molar-refractivity contribution in [2.75, 3.05) is 0 Å². The van der Waals surface area contributed by atoms with Gasteiger partial charge in [0.15, 0.2) is 0 Å². The summed E-state index contributed by atoms with van der Waals surface area (Å²) in [6.07, 6.45) is 8.64. The molecule has 0 radical (unpaired) electrons. The fraction of sp³-hybridized carbons (Fsp3) is 0.312. The van der Waals surface area contributed by atoms with Gasteiger partial charge in [-0.1, -0.05) is 70.7 Å². The second-order valence-electron chi connectivity index (χ2n) is 7.28. The van der Waals surface area contributed by atoms with Gasteiger partial charge in [0.05, 0.1) is 11.2 Å². The third kappa shape index (κ3) is 19.8. The number of nitrogens with zero attached hydrogens (tertiary/aromatic N) is 2. The fourth-order valence-electron chi connectivity index (χ4n) is 2.49. The van der Waals surface area contributed by atoms with E-state index in [1.807, 2.05) is 82.6 Å². The molecular formula is C32H46N2W2. The van der Waals surface area contributed by atoms with E-state index < -0.39 is 0 Å². The molecular weight excluding hydrogens is 780 g/mol. The number of benzene rings is 2. The van der Waals surface area contributed by atoms with Crippen LogP contribution in [0, 0.1) is 34.6 Å². The van der Waals surface area contributed by atoms with Crippen molar-refractivity contribution in [2.45, 2.75) is 66.7 Å². The Bertz CT molecular complexity index is 907. The van der Waals surface area contributed by atoms with Crippen LogP contribution in [0.1, 0.15) is 70.9 Å². The second kappa shape index (κ2) is 29.9. The molecule has 0 saturated carbocycles. The third-order valence-corrected chi connectivity index (χ3v) is 3.72. The molecule has 0 spiro atoms. The van der Waals surface area contributed by atoms with Crippen LogP contribution >= 0.6 is 0 Å². The summed E-state index contributed by atoms with van der Waals surface area (Å²) < 4.78 is 0. The molecule has 0 atom stereocenters. The van der Waals surface area contributed by atoms with Gasteiger partial charge >= 0.3 is 42.1 Å². The first-order valence-electron chi connectivity index (χ1n) is 12.2. The number of rotatable bonds is 0. The molecule has 1 aliphatic heterocycles. The van der Waals surface area contributed by atoms with Crippen LogP contribution < -0.4 is 0 Å². The minimum absolute atomic E-state index is 0. The second-order valence-corrected chi connectivity index (χ2v) is 7.28. The predicted octanol–water partition coefficient (Wildman–Crippen LogP) is 10.3.